The van der Waals surface area contributed by atoms with Crippen molar-refractivity contribution < 1.29 is 20.4 Å². The molecule has 0 unspecified atom stereocenters. The Bertz CT molecular complexity index is 491. The number of methoxy groups -OCH3 is 1. The fraction of sp³-hybridized carbons (Fsp3) is 0.214. The molecule has 3 N–H and O–H groups in total. The molecule has 0 aromatic heterocycles. The van der Waals surface area contributed by atoms with E-state index in [2.05, 4.69) is 23.9 Å². The number of aliphatic carboxylic acids is 1. The normalized spacial score (nSPS) is 9.50. The van der Waals surface area contributed by atoms with E-state index in [1.807, 2.05) is 18.2 Å². The summed E-state index contributed by atoms with van der Waals surface area (Å²) in [4.78, 5) is 8.89. The number of hydrogen-bond donors (Lipinski definition) is 1. The van der Waals surface area contributed by atoms with Crippen molar-refractivity contribution in [3.05, 3.63) is 42.0 Å². The fourth-order valence-corrected chi connectivity index (χ4v) is 1.73. The lowest BCUT2D eigenvalue weighted by molar-refractivity contribution is -0.386. The highest BCUT2D eigenvalue weighted by Gasteiger charge is 2.04. The zero-order valence-corrected chi connectivity index (χ0v) is 10.6. The summed E-state index contributed by atoms with van der Waals surface area (Å²) in [5, 5.41) is 11.3. The highest BCUT2D eigenvalue weighted by molar-refractivity contribution is 5.90. The number of fused-ring (bicyclic) bond motifs is 1. The van der Waals surface area contributed by atoms with Gasteiger partial charge in [0.25, 0.3) is 0 Å². The van der Waals surface area contributed by atoms with Crippen molar-refractivity contribution in [2.24, 2.45) is 0 Å². The highest BCUT2D eigenvalue weighted by Crippen LogP contribution is 2.27. The van der Waals surface area contributed by atoms with Gasteiger partial charge in [-0.2, -0.15) is 0 Å². The van der Waals surface area contributed by atoms with Crippen molar-refractivity contribution in [3.63, 3.8) is 0 Å². The third-order valence-corrected chi connectivity index (χ3v) is 2.46. The fourth-order valence-electron chi connectivity index (χ4n) is 1.73. The molecule has 18 heavy (non-hydrogen) atoms. The molecule has 0 aliphatic heterocycles. The van der Waals surface area contributed by atoms with Crippen molar-refractivity contribution in [3.8, 4) is 5.75 Å². The van der Waals surface area contributed by atoms with Crippen LogP contribution in [0.4, 0.5) is 0 Å². The lowest BCUT2D eigenvalue weighted by Gasteiger charge is -2.07. The molecule has 2 aromatic carbocycles. The van der Waals surface area contributed by atoms with E-state index in [0.717, 1.165) is 24.6 Å². The zero-order valence-electron chi connectivity index (χ0n) is 10.6. The third kappa shape index (κ3) is 3.46. The quantitative estimate of drug-likeness (QED) is 0.831. The Morgan fingerprint density at radius 2 is 1.78 bits per heavy atom. The van der Waals surface area contributed by atoms with Gasteiger partial charge in [0.05, 0.1) is 7.11 Å². The molecular weight excluding hydrogens is 230 g/mol. The number of hydrogen-bond acceptors (Lipinski definition) is 3. The first-order valence-corrected chi connectivity index (χ1v) is 5.61. The van der Waals surface area contributed by atoms with Gasteiger partial charge in [-0.3, -0.25) is 0 Å². The van der Waals surface area contributed by atoms with Crippen LogP contribution in [0.1, 0.15) is 12.5 Å². The summed E-state index contributed by atoms with van der Waals surface area (Å²) < 4.78 is 5.31. The van der Waals surface area contributed by atoms with Crippen molar-refractivity contribution >= 4 is 16.7 Å². The van der Waals surface area contributed by atoms with E-state index in [9.17, 15) is 0 Å². The molecule has 0 saturated heterocycles. The van der Waals surface area contributed by atoms with Gasteiger partial charge < -0.3 is 20.4 Å². The number of benzene rings is 2. The third-order valence-electron chi connectivity index (χ3n) is 2.46. The van der Waals surface area contributed by atoms with Crippen LogP contribution in [0.5, 0.6) is 5.75 Å². The van der Waals surface area contributed by atoms with Crippen molar-refractivity contribution in [2.75, 3.05) is 7.11 Å². The molecule has 4 nitrogen and oxygen atoms in total. The second-order valence-electron chi connectivity index (χ2n) is 3.71. The summed E-state index contributed by atoms with van der Waals surface area (Å²) in [6, 6.07) is 12.3. The van der Waals surface area contributed by atoms with Gasteiger partial charge in [0.2, 0.25) is 0 Å². The molecule has 0 fully saturated rings. The van der Waals surface area contributed by atoms with Crippen LogP contribution >= 0.6 is 0 Å². The summed E-state index contributed by atoms with van der Waals surface area (Å²) in [6.45, 7) is 1.78. The first kappa shape index (κ1) is 14.0. The summed E-state index contributed by atoms with van der Waals surface area (Å²) in [5.74, 6) is -0.155. The number of quaternary nitrogens is 1. The van der Waals surface area contributed by atoms with Crippen LogP contribution in [0, 0.1) is 0 Å². The van der Waals surface area contributed by atoms with Gasteiger partial charge >= 0.3 is 0 Å². The number of carbonyl (C=O) groups excluding carboxylic acids is 1. The topological polar surface area (TPSA) is 77.0 Å². The molecule has 0 bridgehead atoms. The minimum Gasteiger partial charge on any atom is -0.550 e. The molecule has 2 rings (SSSR count). The van der Waals surface area contributed by atoms with E-state index < -0.39 is 5.97 Å². The van der Waals surface area contributed by atoms with Gasteiger partial charge in [0.1, 0.15) is 12.3 Å². The molecule has 0 aliphatic carbocycles. The maximum atomic E-state index is 8.89. The standard InChI is InChI=1S/C12H13NO.C2H4O2/c1-14-12-7-6-9(8-13)10-4-2-3-5-11(10)12;1-2(3)4/h2-7H,8,13H2,1H3;1H3,(H,3,4). The summed E-state index contributed by atoms with van der Waals surface area (Å²) in [5.41, 5.74) is 5.19. The molecule has 0 heterocycles. The Kier molecular flexibility index (Phi) is 5.14. The molecule has 0 atom stereocenters. The molecule has 0 aliphatic rings. The van der Waals surface area contributed by atoms with Gasteiger partial charge in [-0.15, -0.1) is 0 Å². The van der Waals surface area contributed by atoms with Crippen molar-refractivity contribution in [1.82, 2.24) is 0 Å². The van der Waals surface area contributed by atoms with Crippen LogP contribution in [0.3, 0.4) is 0 Å². The lowest BCUT2D eigenvalue weighted by atomic mass is 10.0. The summed E-state index contributed by atoms with van der Waals surface area (Å²) >= 11 is 0. The van der Waals surface area contributed by atoms with E-state index in [-0.39, 0.29) is 0 Å². The van der Waals surface area contributed by atoms with Crippen LogP contribution in [0.2, 0.25) is 0 Å². The zero-order chi connectivity index (χ0) is 13.5. The monoisotopic (exact) mass is 247 g/mol. The number of carboxylic acid groups (broad SMARTS) is 1. The Balaban J connectivity index is 0.000000357. The van der Waals surface area contributed by atoms with Gasteiger partial charge in [-0.05, 0) is 24.4 Å². The summed E-state index contributed by atoms with van der Waals surface area (Å²) in [6.07, 6.45) is 0. The van der Waals surface area contributed by atoms with Crippen LogP contribution in [0.15, 0.2) is 36.4 Å². The number of carboxylic acids is 1. The predicted molar refractivity (Wildman–Crippen MR) is 67.8 cm³/mol. The molecule has 4 heteroatoms. The van der Waals surface area contributed by atoms with Crippen LogP contribution in [-0.2, 0) is 11.3 Å². The van der Waals surface area contributed by atoms with Crippen LogP contribution < -0.4 is 15.6 Å². The van der Waals surface area contributed by atoms with Crippen LogP contribution in [0.25, 0.3) is 10.8 Å². The molecule has 0 radical (unpaired) electrons. The van der Waals surface area contributed by atoms with E-state index >= 15 is 0 Å². The van der Waals surface area contributed by atoms with Gasteiger partial charge in [-0.1, -0.05) is 24.3 Å². The average molecular weight is 247 g/mol. The number of rotatable bonds is 2. The summed E-state index contributed by atoms with van der Waals surface area (Å²) in [7, 11) is 1.70. The number of carbonyl (C=O) groups is 1. The van der Waals surface area contributed by atoms with Gasteiger partial charge in [-0.25, -0.2) is 0 Å². The SMILES string of the molecule is CC(=O)[O-].COc1ccc(C[NH3+])c2ccccc12. The Hall–Kier alpha value is -2.07. The largest absolute Gasteiger partial charge is 0.550 e. The van der Waals surface area contributed by atoms with Crippen LogP contribution in [-0.4, -0.2) is 13.1 Å². The maximum Gasteiger partial charge on any atom is 0.126 e. The first-order valence-electron chi connectivity index (χ1n) is 5.61. The van der Waals surface area contributed by atoms with E-state index in [1.54, 1.807) is 7.11 Å². The van der Waals surface area contributed by atoms with Crippen molar-refractivity contribution in [1.29, 1.82) is 0 Å². The average Bonchev–Trinajstić information content (AvgIpc) is 2.36. The second-order valence-corrected chi connectivity index (χ2v) is 3.71. The van der Waals surface area contributed by atoms with Gasteiger partial charge in [0.15, 0.2) is 0 Å². The van der Waals surface area contributed by atoms with Gasteiger partial charge in [0, 0.05) is 16.9 Å². The molecule has 96 valence electrons. The molecule has 2 aromatic rings. The molecule has 0 spiro atoms. The molecule has 0 saturated carbocycles. The molecular formula is C14H17NO3. The minimum atomic E-state index is -1.08. The van der Waals surface area contributed by atoms with E-state index in [4.69, 9.17) is 14.6 Å². The first-order chi connectivity index (χ1) is 8.60. The number of ether oxygens (including phenoxy) is 1. The maximum absolute atomic E-state index is 8.89. The van der Waals surface area contributed by atoms with E-state index in [1.165, 1.54) is 10.9 Å². The Morgan fingerprint density at radius 1 is 1.22 bits per heavy atom. The lowest BCUT2D eigenvalue weighted by Crippen LogP contribution is -2.47. The highest BCUT2D eigenvalue weighted by atomic mass is 16.5. The smallest absolute Gasteiger partial charge is 0.126 e. The molecule has 0 amide bonds. The Morgan fingerprint density at radius 3 is 2.28 bits per heavy atom. The predicted octanol–water partition coefficient (Wildman–Crippen LogP) is 0.347. The van der Waals surface area contributed by atoms with Crippen molar-refractivity contribution in [2.45, 2.75) is 13.5 Å². The minimum absolute atomic E-state index is 0.810. The second kappa shape index (κ2) is 6.61. The van der Waals surface area contributed by atoms with E-state index in [0.29, 0.717) is 0 Å². The Labute approximate surface area is 106 Å².